The van der Waals surface area contributed by atoms with Gasteiger partial charge in [0.2, 0.25) is 0 Å². The molecule has 0 radical (unpaired) electrons. The molecule has 0 aliphatic carbocycles. The summed E-state index contributed by atoms with van der Waals surface area (Å²) in [6, 6.07) is 0. The third-order valence-corrected chi connectivity index (χ3v) is 1.52. The summed E-state index contributed by atoms with van der Waals surface area (Å²) in [5.74, 6) is 0. The first-order valence-corrected chi connectivity index (χ1v) is 2.99. The SMILES string of the molecule is OC[C@H]1OC/C(=C\F)[C@@H]1O. The van der Waals surface area contributed by atoms with Crippen LogP contribution in [0.1, 0.15) is 0 Å². The lowest BCUT2D eigenvalue weighted by molar-refractivity contribution is 0.00541. The summed E-state index contributed by atoms with van der Waals surface area (Å²) < 4.78 is 16.6. The van der Waals surface area contributed by atoms with Crippen LogP contribution in [-0.2, 0) is 4.74 Å². The third kappa shape index (κ3) is 1.18. The van der Waals surface area contributed by atoms with Gasteiger partial charge in [-0.05, 0) is 0 Å². The van der Waals surface area contributed by atoms with Gasteiger partial charge < -0.3 is 14.9 Å². The van der Waals surface area contributed by atoms with Crippen molar-refractivity contribution in [1.82, 2.24) is 0 Å². The first-order chi connectivity index (χ1) is 4.79. The average molecular weight is 148 g/mol. The molecular formula is C6H9FO3. The van der Waals surface area contributed by atoms with Crippen LogP contribution >= 0.6 is 0 Å². The van der Waals surface area contributed by atoms with E-state index in [9.17, 15) is 4.39 Å². The van der Waals surface area contributed by atoms with E-state index in [0.29, 0.717) is 6.33 Å². The molecule has 0 aromatic heterocycles. The van der Waals surface area contributed by atoms with Crippen LogP contribution in [0.25, 0.3) is 0 Å². The summed E-state index contributed by atoms with van der Waals surface area (Å²) in [6.45, 7) is -0.207. The molecule has 10 heavy (non-hydrogen) atoms. The van der Waals surface area contributed by atoms with Crippen LogP contribution in [-0.4, -0.2) is 35.6 Å². The van der Waals surface area contributed by atoms with E-state index >= 15 is 0 Å². The number of hydrogen-bond acceptors (Lipinski definition) is 3. The summed E-state index contributed by atoms with van der Waals surface area (Å²) >= 11 is 0. The van der Waals surface area contributed by atoms with Gasteiger partial charge in [-0.2, -0.15) is 0 Å². The smallest absolute Gasteiger partial charge is 0.111 e. The Morgan fingerprint density at radius 3 is 2.80 bits per heavy atom. The fraction of sp³-hybridized carbons (Fsp3) is 0.667. The Kier molecular flexibility index (Phi) is 2.37. The van der Waals surface area contributed by atoms with Gasteiger partial charge >= 0.3 is 0 Å². The highest BCUT2D eigenvalue weighted by Crippen LogP contribution is 2.18. The van der Waals surface area contributed by atoms with E-state index in [1.807, 2.05) is 0 Å². The van der Waals surface area contributed by atoms with Crippen molar-refractivity contribution in [3.05, 3.63) is 11.9 Å². The zero-order valence-corrected chi connectivity index (χ0v) is 5.33. The van der Waals surface area contributed by atoms with E-state index in [1.54, 1.807) is 0 Å². The van der Waals surface area contributed by atoms with Crippen LogP contribution in [0.2, 0.25) is 0 Å². The van der Waals surface area contributed by atoms with Crippen LogP contribution in [0.3, 0.4) is 0 Å². The van der Waals surface area contributed by atoms with Gasteiger partial charge in [-0.3, -0.25) is 0 Å². The molecule has 4 heteroatoms. The molecule has 1 aliphatic heterocycles. The molecule has 3 nitrogen and oxygen atoms in total. The predicted octanol–water partition coefficient (Wildman–Crippen LogP) is -0.408. The fourth-order valence-electron chi connectivity index (χ4n) is 0.867. The lowest BCUT2D eigenvalue weighted by Gasteiger charge is -2.08. The largest absolute Gasteiger partial charge is 0.394 e. The maximum atomic E-state index is 11.8. The molecule has 1 saturated heterocycles. The molecule has 0 saturated carbocycles. The van der Waals surface area contributed by atoms with Crippen molar-refractivity contribution in [2.75, 3.05) is 13.2 Å². The maximum absolute atomic E-state index is 11.8. The number of ether oxygens (including phenoxy) is 1. The molecule has 0 unspecified atom stereocenters. The van der Waals surface area contributed by atoms with Crippen molar-refractivity contribution in [3.8, 4) is 0 Å². The standard InChI is InChI=1S/C6H9FO3/c7-1-4-3-10-5(2-8)6(4)9/h1,5-6,8-9H,2-3H2/b4-1+/t5-,6+/m1/s1. The lowest BCUT2D eigenvalue weighted by Crippen LogP contribution is -2.25. The van der Waals surface area contributed by atoms with E-state index in [1.165, 1.54) is 0 Å². The van der Waals surface area contributed by atoms with Gasteiger partial charge in [-0.25, -0.2) is 4.39 Å². The summed E-state index contributed by atoms with van der Waals surface area (Å²) in [5.41, 5.74) is 0.194. The minimum absolute atomic E-state index is 0.0723. The Hall–Kier alpha value is -0.450. The highest BCUT2D eigenvalue weighted by Gasteiger charge is 2.30. The maximum Gasteiger partial charge on any atom is 0.111 e. The molecule has 58 valence electrons. The normalized spacial score (nSPS) is 37.3. The second kappa shape index (κ2) is 3.09. The number of hydrogen-bond donors (Lipinski definition) is 2. The molecular weight excluding hydrogens is 139 g/mol. The van der Waals surface area contributed by atoms with E-state index in [4.69, 9.17) is 14.9 Å². The Morgan fingerprint density at radius 2 is 2.50 bits per heavy atom. The highest BCUT2D eigenvalue weighted by atomic mass is 19.1. The van der Waals surface area contributed by atoms with Crippen LogP contribution in [0, 0.1) is 0 Å². The second-order valence-corrected chi connectivity index (χ2v) is 2.16. The van der Waals surface area contributed by atoms with E-state index in [2.05, 4.69) is 0 Å². The van der Waals surface area contributed by atoms with E-state index < -0.39 is 12.2 Å². The van der Waals surface area contributed by atoms with Crippen molar-refractivity contribution in [2.45, 2.75) is 12.2 Å². The quantitative estimate of drug-likeness (QED) is 0.531. The average Bonchev–Trinajstić information content (AvgIpc) is 2.30. The summed E-state index contributed by atoms with van der Waals surface area (Å²) in [4.78, 5) is 0. The predicted molar refractivity (Wildman–Crippen MR) is 32.0 cm³/mol. The van der Waals surface area contributed by atoms with Crippen LogP contribution in [0.4, 0.5) is 4.39 Å². The number of halogens is 1. The zero-order valence-electron chi connectivity index (χ0n) is 5.33. The molecule has 1 fully saturated rings. The Balaban J connectivity index is 2.58. The summed E-state index contributed by atoms with van der Waals surface area (Å²) in [7, 11) is 0. The molecule has 0 spiro atoms. The van der Waals surface area contributed by atoms with Gasteiger partial charge in [-0.15, -0.1) is 0 Å². The van der Waals surface area contributed by atoms with Crippen LogP contribution in [0.5, 0.6) is 0 Å². The van der Waals surface area contributed by atoms with Crippen molar-refractivity contribution in [2.24, 2.45) is 0 Å². The highest BCUT2D eigenvalue weighted by molar-refractivity contribution is 5.12. The van der Waals surface area contributed by atoms with Gasteiger partial charge in [0.1, 0.15) is 12.2 Å². The molecule has 0 bridgehead atoms. The van der Waals surface area contributed by atoms with Crippen molar-refractivity contribution in [1.29, 1.82) is 0 Å². The number of rotatable bonds is 1. The molecule has 1 aliphatic rings. The zero-order chi connectivity index (χ0) is 7.56. The van der Waals surface area contributed by atoms with Crippen molar-refractivity contribution >= 4 is 0 Å². The Morgan fingerprint density at radius 1 is 1.80 bits per heavy atom. The summed E-state index contributed by atoms with van der Waals surface area (Å²) in [6.07, 6.45) is -1.31. The molecule has 2 N–H and O–H groups in total. The van der Waals surface area contributed by atoms with Crippen LogP contribution in [0.15, 0.2) is 11.9 Å². The molecule has 0 aromatic rings. The summed E-state index contributed by atoms with van der Waals surface area (Å²) in [5, 5.41) is 17.6. The molecule has 0 amide bonds. The Labute approximate surface area is 57.7 Å². The van der Waals surface area contributed by atoms with E-state index in [-0.39, 0.29) is 18.8 Å². The van der Waals surface area contributed by atoms with Crippen molar-refractivity contribution in [3.63, 3.8) is 0 Å². The Bertz CT molecular complexity index is 146. The van der Waals surface area contributed by atoms with E-state index in [0.717, 1.165) is 0 Å². The minimum atomic E-state index is -0.977. The monoisotopic (exact) mass is 148 g/mol. The number of aliphatic hydroxyl groups excluding tert-OH is 2. The van der Waals surface area contributed by atoms with Gasteiger partial charge in [0, 0.05) is 5.57 Å². The minimum Gasteiger partial charge on any atom is -0.394 e. The first kappa shape index (κ1) is 7.65. The molecule has 1 heterocycles. The van der Waals surface area contributed by atoms with Gasteiger partial charge in [0.05, 0.1) is 19.5 Å². The van der Waals surface area contributed by atoms with Gasteiger partial charge in [0.25, 0.3) is 0 Å². The third-order valence-electron chi connectivity index (χ3n) is 1.52. The fourth-order valence-corrected chi connectivity index (χ4v) is 0.867. The van der Waals surface area contributed by atoms with Gasteiger partial charge in [0.15, 0.2) is 0 Å². The lowest BCUT2D eigenvalue weighted by atomic mass is 10.1. The molecule has 1 rings (SSSR count). The topological polar surface area (TPSA) is 49.7 Å². The second-order valence-electron chi connectivity index (χ2n) is 2.16. The number of aliphatic hydroxyl groups is 2. The first-order valence-electron chi connectivity index (χ1n) is 2.99. The molecule has 0 aromatic carbocycles. The van der Waals surface area contributed by atoms with Crippen LogP contribution < -0.4 is 0 Å². The molecule has 2 atom stereocenters. The van der Waals surface area contributed by atoms with Gasteiger partial charge in [-0.1, -0.05) is 0 Å². The van der Waals surface area contributed by atoms with Crippen molar-refractivity contribution < 1.29 is 19.3 Å².